The van der Waals surface area contributed by atoms with Crippen molar-refractivity contribution in [2.24, 2.45) is 5.92 Å². The fourth-order valence-corrected chi connectivity index (χ4v) is 6.47. The Labute approximate surface area is 260 Å². The van der Waals surface area contributed by atoms with Crippen LogP contribution in [0.3, 0.4) is 0 Å². The lowest BCUT2D eigenvalue weighted by Gasteiger charge is -2.36. The highest BCUT2D eigenvalue weighted by molar-refractivity contribution is 6.36. The van der Waals surface area contributed by atoms with Gasteiger partial charge in [-0.25, -0.2) is 4.39 Å². The van der Waals surface area contributed by atoms with Crippen LogP contribution in [0.15, 0.2) is 127 Å². The third kappa shape index (κ3) is 6.09. The Kier molecular flexibility index (Phi) is 8.62. The summed E-state index contributed by atoms with van der Waals surface area (Å²) in [5, 5.41) is 0.908. The second-order valence-electron chi connectivity index (χ2n) is 10.7. The molecule has 0 bridgehead atoms. The summed E-state index contributed by atoms with van der Waals surface area (Å²) in [5.74, 6) is -1.03. The number of ether oxygens (including phenoxy) is 2. The number of benzene rings is 5. The lowest BCUT2D eigenvalue weighted by atomic mass is 9.80. The third-order valence-electron chi connectivity index (χ3n) is 7.96. The molecule has 0 N–H and O–H groups in total. The Bertz CT molecular complexity index is 1570. The molecule has 5 aromatic rings. The molecule has 0 saturated carbocycles. The molecule has 6 heteroatoms. The fourth-order valence-electron chi connectivity index (χ4n) is 5.83. The van der Waals surface area contributed by atoms with E-state index in [0.717, 1.165) is 27.8 Å². The quantitative estimate of drug-likeness (QED) is 0.123. The molecular formula is C37H29Cl2FO3. The first kappa shape index (κ1) is 29.1. The molecule has 1 fully saturated rings. The number of carbonyl (C=O) groups excluding carboxylic acids is 1. The first-order valence-electron chi connectivity index (χ1n) is 14.2. The van der Waals surface area contributed by atoms with Crippen LogP contribution < -0.4 is 0 Å². The highest BCUT2D eigenvalue weighted by Crippen LogP contribution is 2.42. The van der Waals surface area contributed by atoms with Crippen LogP contribution in [0.2, 0.25) is 10.0 Å². The maximum Gasteiger partial charge on any atom is 0.309 e. The minimum absolute atomic E-state index is 0.200. The van der Waals surface area contributed by atoms with Crippen molar-refractivity contribution < 1.29 is 18.7 Å². The number of esters is 1. The van der Waals surface area contributed by atoms with Gasteiger partial charge >= 0.3 is 5.97 Å². The molecule has 1 aliphatic rings. The van der Waals surface area contributed by atoms with Crippen LogP contribution in [0.4, 0.5) is 4.39 Å². The molecule has 5 aromatic carbocycles. The van der Waals surface area contributed by atoms with Gasteiger partial charge in [0.05, 0.1) is 12.5 Å². The topological polar surface area (TPSA) is 35.5 Å². The molecule has 0 amide bonds. The van der Waals surface area contributed by atoms with Gasteiger partial charge in [-0.15, -0.1) is 0 Å². The van der Waals surface area contributed by atoms with Crippen LogP contribution in [-0.4, -0.2) is 18.7 Å². The molecule has 3 nitrogen and oxygen atoms in total. The molecule has 1 heterocycles. The predicted molar refractivity (Wildman–Crippen MR) is 169 cm³/mol. The molecule has 43 heavy (non-hydrogen) atoms. The zero-order valence-corrected chi connectivity index (χ0v) is 24.8. The van der Waals surface area contributed by atoms with Gasteiger partial charge in [0, 0.05) is 16.5 Å². The molecule has 1 saturated heterocycles. The summed E-state index contributed by atoms with van der Waals surface area (Å²) in [6, 6.07) is 40.0. The first-order valence-corrected chi connectivity index (χ1v) is 14.9. The highest BCUT2D eigenvalue weighted by Gasteiger charge is 2.41. The van der Waals surface area contributed by atoms with Crippen molar-refractivity contribution in [2.75, 3.05) is 6.61 Å². The molecule has 0 unspecified atom stereocenters. The zero-order chi connectivity index (χ0) is 29.8. The number of carbonyl (C=O) groups is 1. The predicted octanol–water partition coefficient (Wildman–Crippen LogP) is 9.28. The van der Waals surface area contributed by atoms with Crippen molar-refractivity contribution in [3.05, 3.63) is 166 Å². The fraction of sp³-hybridized carbons (Fsp3) is 0.162. The Balaban J connectivity index is 1.24. The van der Waals surface area contributed by atoms with Crippen molar-refractivity contribution in [2.45, 2.75) is 24.5 Å². The average Bonchev–Trinajstić information content (AvgIpc) is 3.39. The van der Waals surface area contributed by atoms with Crippen molar-refractivity contribution >= 4 is 29.2 Å². The van der Waals surface area contributed by atoms with Crippen molar-refractivity contribution in [1.29, 1.82) is 0 Å². The van der Waals surface area contributed by atoms with Gasteiger partial charge in [-0.3, -0.25) is 4.79 Å². The van der Waals surface area contributed by atoms with Crippen LogP contribution in [-0.2, 0) is 26.3 Å². The number of hydrogen-bond donors (Lipinski definition) is 0. The Morgan fingerprint density at radius 2 is 1.21 bits per heavy atom. The maximum absolute atomic E-state index is 13.4. The molecule has 0 radical (unpaired) electrons. The summed E-state index contributed by atoms with van der Waals surface area (Å²) in [4.78, 5) is 13.1. The summed E-state index contributed by atoms with van der Waals surface area (Å²) in [5.41, 5.74) is 4.29. The number of halogens is 3. The second-order valence-corrected chi connectivity index (χ2v) is 11.5. The van der Waals surface area contributed by atoms with E-state index in [1.807, 2.05) is 54.6 Å². The zero-order valence-electron chi connectivity index (χ0n) is 23.3. The van der Waals surface area contributed by atoms with E-state index in [1.54, 1.807) is 24.3 Å². The lowest BCUT2D eigenvalue weighted by molar-refractivity contribution is -0.147. The molecular weight excluding hydrogens is 582 g/mol. The molecule has 2 atom stereocenters. The van der Waals surface area contributed by atoms with E-state index in [0.29, 0.717) is 28.5 Å². The monoisotopic (exact) mass is 610 g/mol. The Morgan fingerprint density at radius 1 is 0.721 bits per heavy atom. The van der Waals surface area contributed by atoms with Gasteiger partial charge in [0.1, 0.15) is 17.5 Å². The largest absolute Gasteiger partial charge is 0.460 e. The summed E-state index contributed by atoms with van der Waals surface area (Å²) in [7, 11) is 0. The molecule has 216 valence electrons. The summed E-state index contributed by atoms with van der Waals surface area (Å²) in [6.45, 7) is 0.200. The number of cyclic esters (lactones) is 1. The van der Waals surface area contributed by atoms with Gasteiger partial charge < -0.3 is 9.47 Å². The summed E-state index contributed by atoms with van der Waals surface area (Å²) < 4.78 is 26.1. The van der Waals surface area contributed by atoms with Crippen LogP contribution >= 0.6 is 23.2 Å². The maximum atomic E-state index is 13.4. The van der Waals surface area contributed by atoms with Crippen molar-refractivity contribution in [3.63, 3.8) is 0 Å². The highest BCUT2D eigenvalue weighted by atomic mass is 35.5. The molecule has 0 aromatic heterocycles. The van der Waals surface area contributed by atoms with Gasteiger partial charge in [-0.2, -0.15) is 0 Å². The van der Waals surface area contributed by atoms with Crippen LogP contribution in [0.25, 0.3) is 11.1 Å². The second kappa shape index (κ2) is 12.7. The third-order valence-corrected chi connectivity index (χ3v) is 8.63. The van der Waals surface area contributed by atoms with E-state index >= 15 is 0 Å². The van der Waals surface area contributed by atoms with E-state index < -0.39 is 17.6 Å². The van der Waals surface area contributed by atoms with Crippen LogP contribution in [0.5, 0.6) is 0 Å². The Morgan fingerprint density at radius 3 is 1.70 bits per heavy atom. The number of rotatable bonds is 9. The smallest absolute Gasteiger partial charge is 0.309 e. The minimum Gasteiger partial charge on any atom is -0.460 e. The standard InChI is InChI=1S/C37H29Cl2FO3/c38-34-22-26(25-16-18-31(40)19-17-25)23-35(39)33(34)21-27-20-32(43-36(27)41)24-42-37(28-10-4-1-5-11-28,29-12-6-2-7-13-29)30-14-8-3-9-15-30/h1-19,22-23,27,32H,20-21,24H2/t27-,32-/m0/s1. The van der Waals surface area contributed by atoms with Crippen LogP contribution in [0.1, 0.15) is 28.7 Å². The average molecular weight is 612 g/mol. The molecule has 1 aliphatic heterocycles. The van der Waals surface area contributed by atoms with E-state index in [4.69, 9.17) is 32.7 Å². The van der Waals surface area contributed by atoms with E-state index in [-0.39, 0.29) is 18.4 Å². The van der Waals surface area contributed by atoms with E-state index in [9.17, 15) is 9.18 Å². The van der Waals surface area contributed by atoms with Crippen molar-refractivity contribution in [3.8, 4) is 11.1 Å². The molecule has 0 aliphatic carbocycles. The first-order chi connectivity index (χ1) is 20.9. The van der Waals surface area contributed by atoms with E-state index in [2.05, 4.69) is 36.4 Å². The molecule has 0 spiro atoms. The lowest BCUT2D eigenvalue weighted by Crippen LogP contribution is -2.35. The van der Waals surface area contributed by atoms with Gasteiger partial charge in [-0.05, 0) is 64.1 Å². The normalized spacial score (nSPS) is 16.7. The van der Waals surface area contributed by atoms with Crippen LogP contribution in [0, 0.1) is 11.7 Å². The summed E-state index contributed by atoms with van der Waals surface area (Å²) in [6.07, 6.45) is 0.376. The molecule has 6 rings (SSSR count). The van der Waals surface area contributed by atoms with Gasteiger partial charge in [0.2, 0.25) is 0 Å². The van der Waals surface area contributed by atoms with E-state index in [1.165, 1.54) is 12.1 Å². The van der Waals surface area contributed by atoms with Gasteiger partial charge in [0.25, 0.3) is 0 Å². The van der Waals surface area contributed by atoms with Gasteiger partial charge in [0.15, 0.2) is 0 Å². The number of hydrogen-bond acceptors (Lipinski definition) is 3. The Hall–Kier alpha value is -3.96. The van der Waals surface area contributed by atoms with Crippen molar-refractivity contribution in [1.82, 2.24) is 0 Å². The minimum atomic E-state index is -0.906. The summed E-state index contributed by atoms with van der Waals surface area (Å²) >= 11 is 13.3. The SMILES string of the molecule is O=C1O[C@H](COC(c2ccccc2)(c2ccccc2)c2ccccc2)C[C@H]1Cc1c(Cl)cc(-c2ccc(F)cc2)cc1Cl. The van der Waals surface area contributed by atoms with Gasteiger partial charge in [-0.1, -0.05) is 126 Å².